The summed E-state index contributed by atoms with van der Waals surface area (Å²) in [5.41, 5.74) is 1.37. The molecule has 1 atom stereocenters. The van der Waals surface area contributed by atoms with Crippen molar-refractivity contribution in [3.05, 3.63) is 28.0 Å². The molecule has 72 valence electrons. The highest BCUT2D eigenvalue weighted by atomic mass is 32.1. The highest BCUT2D eigenvalue weighted by Gasteiger charge is 1.96. The highest BCUT2D eigenvalue weighted by molar-refractivity contribution is 7.11. The molecular weight excluding hydrogens is 178 g/mol. The Kier molecular flexibility index (Phi) is 4.19. The van der Waals surface area contributed by atoms with Crippen molar-refractivity contribution in [1.29, 1.82) is 0 Å². The van der Waals surface area contributed by atoms with Gasteiger partial charge in [-0.3, -0.25) is 0 Å². The van der Waals surface area contributed by atoms with Crippen LogP contribution in [0.1, 0.15) is 24.3 Å². The smallest absolute Gasteiger partial charge is 0.0296 e. The first kappa shape index (κ1) is 10.5. The fraction of sp³-hybridized carbons (Fsp3) is 0.455. The van der Waals surface area contributed by atoms with Crippen LogP contribution in [0.3, 0.4) is 0 Å². The number of nitrogens with one attached hydrogen (secondary N) is 1. The summed E-state index contributed by atoms with van der Waals surface area (Å²) in [4.78, 5) is 1.37. The van der Waals surface area contributed by atoms with Gasteiger partial charge in [-0.1, -0.05) is 13.0 Å². The molecular formula is C11H17NS. The summed E-state index contributed by atoms with van der Waals surface area (Å²) in [6.07, 6.45) is 4.41. The van der Waals surface area contributed by atoms with Crippen molar-refractivity contribution in [1.82, 2.24) is 5.32 Å². The van der Waals surface area contributed by atoms with E-state index >= 15 is 0 Å². The second-order valence-corrected chi connectivity index (χ2v) is 4.12. The minimum Gasteiger partial charge on any atom is -0.311 e. The van der Waals surface area contributed by atoms with Crippen LogP contribution in [0.5, 0.6) is 0 Å². The summed E-state index contributed by atoms with van der Waals surface area (Å²) >= 11 is 1.80. The largest absolute Gasteiger partial charge is 0.311 e. The first-order valence-corrected chi connectivity index (χ1v) is 5.57. The average molecular weight is 195 g/mol. The first-order chi connectivity index (χ1) is 6.24. The second-order valence-electron chi connectivity index (χ2n) is 3.17. The van der Waals surface area contributed by atoms with E-state index in [1.165, 1.54) is 10.4 Å². The summed E-state index contributed by atoms with van der Waals surface area (Å²) in [7, 11) is 0. The topological polar surface area (TPSA) is 12.0 Å². The van der Waals surface area contributed by atoms with E-state index in [1.807, 2.05) is 0 Å². The van der Waals surface area contributed by atoms with Crippen molar-refractivity contribution in [3.8, 4) is 0 Å². The molecule has 1 rings (SSSR count). The minimum atomic E-state index is 0.464. The maximum atomic E-state index is 3.35. The highest BCUT2D eigenvalue weighted by Crippen LogP contribution is 2.17. The summed E-state index contributed by atoms with van der Waals surface area (Å²) in [6, 6.07) is 2.62. The van der Waals surface area contributed by atoms with Gasteiger partial charge >= 0.3 is 0 Å². The molecule has 13 heavy (non-hydrogen) atoms. The molecule has 1 N–H and O–H groups in total. The third kappa shape index (κ3) is 3.33. The number of aryl methyl sites for hydroxylation is 1. The molecule has 1 unspecified atom stereocenters. The Hall–Kier alpha value is -0.600. The van der Waals surface area contributed by atoms with Gasteiger partial charge in [0, 0.05) is 10.9 Å². The van der Waals surface area contributed by atoms with Gasteiger partial charge in [-0.2, -0.15) is 0 Å². The molecule has 1 aromatic heterocycles. The molecule has 1 heterocycles. The van der Waals surface area contributed by atoms with E-state index in [2.05, 4.69) is 49.7 Å². The van der Waals surface area contributed by atoms with Crippen LogP contribution in [-0.2, 0) is 0 Å². The van der Waals surface area contributed by atoms with E-state index in [0.717, 1.165) is 6.54 Å². The van der Waals surface area contributed by atoms with E-state index in [0.29, 0.717) is 6.04 Å². The van der Waals surface area contributed by atoms with E-state index in [4.69, 9.17) is 0 Å². The lowest BCUT2D eigenvalue weighted by molar-refractivity contribution is 0.663. The van der Waals surface area contributed by atoms with Gasteiger partial charge < -0.3 is 5.32 Å². The van der Waals surface area contributed by atoms with E-state index in [9.17, 15) is 0 Å². The molecule has 0 aromatic carbocycles. The van der Waals surface area contributed by atoms with E-state index in [-0.39, 0.29) is 0 Å². The Balaban J connectivity index is 2.53. The standard InChI is InChI=1S/C11H17NS/c1-4-12-10(3)5-6-11-9(2)7-8-13-11/h5-8,10,12H,4H2,1-3H3/b6-5+. The Labute approximate surface area is 84.5 Å². The number of hydrogen-bond acceptors (Lipinski definition) is 2. The molecule has 0 saturated heterocycles. The van der Waals surface area contributed by atoms with Gasteiger partial charge in [0.05, 0.1) is 0 Å². The summed E-state index contributed by atoms with van der Waals surface area (Å²) in [6.45, 7) is 7.46. The molecule has 0 aliphatic carbocycles. The van der Waals surface area contributed by atoms with Crippen molar-refractivity contribution >= 4 is 17.4 Å². The SMILES string of the molecule is CCNC(C)/C=C/c1sccc1C. The van der Waals surface area contributed by atoms with Gasteiger partial charge in [-0.05, 0) is 43.5 Å². The van der Waals surface area contributed by atoms with Crippen LogP contribution in [0.25, 0.3) is 6.08 Å². The quantitative estimate of drug-likeness (QED) is 0.778. The Morgan fingerprint density at radius 1 is 1.62 bits per heavy atom. The molecule has 0 radical (unpaired) electrons. The van der Waals surface area contributed by atoms with E-state index < -0.39 is 0 Å². The lowest BCUT2D eigenvalue weighted by Crippen LogP contribution is -2.22. The molecule has 0 aliphatic heterocycles. The Morgan fingerprint density at radius 2 is 2.38 bits per heavy atom. The first-order valence-electron chi connectivity index (χ1n) is 4.69. The summed E-state index contributed by atoms with van der Waals surface area (Å²) < 4.78 is 0. The molecule has 0 spiro atoms. The Bertz CT molecular complexity index is 275. The van der Waals surface area contributed by atoms with Crippen molar-refractivity contribution in [2.45, 2.75) is 26.8 Å². The minimum absolute atomic E-state index is 0.464. The number of rotatable bonds is 4. The maximum absolute atomic E-state index is 3.35. The normalized spacial score (nSPS) is 13.8. The van der Waals surface area contributed by atoms with Crippen molar-refractivity contribution in [3.63, 3.8) is 0 Å². The lowest BCUT2D eigenvalue weighted by atomic mass is 10.2. The van der Waals surface area contributed by atoms with Gasteiger partial charge in [0.1, 0.15) is 0 Å². The van der Waals surface area contributed by atoms with Crippen molar-refractivity contribution in [2.75, 3.05) is 6.54 Å². The fourth-order valence-electron chi connectivity index (χ4n) is 1.18. The van der Waals surface area contributed by atoms with Gasteiger partial charge in [-0.25, -0.2) is 0 Å². The van der Waals surface area contributed by atoms with Crippen LogP contribution in [0.2, 0.25) is 0 Å². The zero-order chi connectivity index (χ0) is 9.68. The fourth-order valence-corrected chi connectivity index (χ4v) is 2.01. The summed E-state index contributed by atoms with van der Waals surface area (Å²) in [5, 5.41) is 5.48. The molecule has 0 bridgehead atoms. The summed E-state index contributed by atoms with van der Waals surface area (Å²) in [5.74, 6) is 0. The second kappa shape index (κ2) is 5.20. The molecule has 1 aromatic rings. The van der Waals surface area contributed by atoms with Crippen molar-refractivity contribution in [2.24, 2.45) is 0 Å². The third-order valence-corrected chi connectivity index (χ3v) is 2.95. The maximum Gasteiger partial charge on any atom is 0.0296 e. The Morgan fingerprint density at radius 3 is 2.92 bits per heavy atom. The molecule has 0 fully saturated rings. The van der Waals surface area contributed by atoms with Crippen molar-refractivity contribution < 1.29 is 0 Å². The lowest BCUT2D eigenvalue weighted by Gasteiger charge is -2.05. The zero-order valence-electron chi connectivity index (χ0n) is 8.50. The number of likely N-dealkylation sites (N-methyl/N-ethyl adjacent to an activating group) is 1. The van der Waals surface area contributed by atoms with Gasteiger partial charge in [0.2, 0.25) is 0 Å². The van der Waals surface area contributed by atoms with Crippen LogP contribution in [0.4, 0.5) is 0 Å². The molecule has 1 nitrogen and oxygen atoms in total. The van der Waals surface area contributed by atoms with Gasteiger partial charge in [0.15, 0.2) is 0 Å². The monoisotopic (exact) mass is 195 g/mol. The van der Waals surface area contributed by atoms with Crippen LogP contribution >= 0.6 is 11.3 Å². The average Bonchev–Trinajstić information content (AvgIpc) is 2.48. The predicted octanol–water partition coefficient (Wildman–Crippen LogP) is 3.07. The van der Waals surface area contributed by atoms with Crippen LogP contribution < -0.4 is 5.32 Å². The molecule has 2 heteroatoms. The molecule has 0 saturated carbocycles. The van der Waals surface area contributed by atoms with Crippen LogP contribution in [0.15, 0.2) is 17.5 Å². The van der Waals surface area contributed by atoms with Gasteiger partial charge in [-0.15, -0.1) is 11.3 Å². The molecule has 0 amide bonds. The zero-order valence-corrected chi connectivity index (χ0v) is 9.32. The predicted molar refractivity (Wildman–Crippen MR) is 61.2 cm³/mol. The van der Waals surface area contributed by atoms with E-state index in [1.54, 1.807) is 11.3 Å². The van der Waals surface area contributed by atoms with Gasteiger partial charge in [0.25, 0.3) is 0 Å². The molecule has 0 aliphatic rings. The third-order valence-electron chi connectivity index (χ3n) is 1.96. The number of hydrogen-bond donors (Lipinski definition) is 1. The van der Waals surface area contributed by atoms with Crippen LogP contribution in [0, 0.1) is 6.92 Å². The number of thiophene rings is 1. The van der Waals surface area contributed by atoms with Crippen LogP contribution in [-0.4, -0.2) is 12.6 Å².